The quantitative estimate of drug-likeness (QED) is 0.926. The lowest BCUT2D eigenvalue weighted by atomic mass is 10.1. The zero-order valence-corrected chi connectivity index (χ0v) is 12.1. The second-order valence-electron chi connectivity index (χ2n) is 5.03. The van der Waals surface area contributed by atoms with E-state index >= 15 is 0 Å². The highest BCUT2D eigenvalue weighted by Gasteiger charge is 2.34. The Bertz CT molecular complexity index is 605. The van der Waals surface area contributed by atoms with Gasteiger partial charge in [0.1, 0.15) is 16.5 Å². The number of nitrogens with two attached hydrogens (primary N) is 1. The van der Waals surface area contributed by atoms with Crippen LogP contribution >= 0.6 is 0 Å². The van der Waals surface area contributed by atoms with Gasteiger partial charge in [0, 0.05) is 25.2 Å². The zero-order valence-electron chi connectivity index (χ0n) is 11.3. The van der Waals surface area contributed by atoms with Crippen LogP contribution in [0, 0.1) is 18.6 Å². The lowest BCUT2D eigenvalue weighted by molar-refractivity contribution is 0.257. The number of hydrogen-bond donors (Lipinski definition) is 1. The van der Waals surface area contributed by atoms with E-state index in [0.717, 1.165) is 18.9 Å². The molecule has 0 bridgehead atoms. The monoisotopic (exact) mass is 304 g/mol. The van der Waals surface area contributed by atoms with Crippen LogP contribution in [-0.4, -0.2) is 31.9 Å². The predicted octanol–water partition coefficient (Wildman–Crippen LogP) is 1.78. The van der Waals surface area contributed by atoms with Crippen LogP contribution in [0.2, 0.25) is 0 Å². The molecule has 1 aliphatic rings. The first kappa shape index (κ1) is 15.3. The van der Waals surface area contributed by atoms with E-state index in [1.54, 1.807) is 0 Å². The van der Waals surface area contributed by atoms with Gasteiger partial charge in [0.2, 0.25) is 10.0 Å². The van der Waals surface area contributed by atoms with Crippen LogP contribution in [0.3, 0.4) is 0 Å². The minimum absolute atomic E-state index is 0.103. The van der Waals surface area contributed by atoms with Gasteiger partial charge in [-0.1, -0.05) is 6.42 Å². The summed E-state index contributed by atoms with van der Waals surface area (Å²) < 4.78 is 53.4. The van der Waals surface area contributed by atoms with Crippen molar-refractivity contribution in [2.24, 2.45) is 5.73 Å². The topological polar surface area (TPSA) is 63.4 Å². The van der Waals surface area contributed by atoms with Crippen molar-refractivity contribution in [3.05, 3.63) is 29.3 Å². The molecule has 2 N–H and O–H groups in total. The summed E-state index contributed by atoms with van der Waals surface area (Å²) in [6.07, 6.45) is 2.29. The highest BCUT2D eigenvalue weighted by molar-refractivity contribution is 7.89. The van der Waals surface area contributed by atoms with Crippen molar-refractivity contribution in [1.82, 2.24) is 4.31 Å². The molecule has 1 saturated heterocycles. The molecule has 2 rings (SSSR count). The molecule has 4 nitrogen and oxygen atoms in total. The smallest absolute Gasteiger partial charge is 0.246 e. The van der Waals surface area contributed by atoms with E-state index in [9.17, 15) is 17.2 Å². The summed E-state index contributed by atoms with van der Waals surface area (Å²) in [4.78, 5) is -0.475. The van der Waals surface area contributed by atoms with E-state index in [-0.39, 0.29) is 18.2 Å². The van der Waals surface area contributed by atoms with Gasteiger partial charge in [-0.3, -0.25) is 0 Å². The molecule has 1 aliphatic heterocycles. The summed E-state index contributed by atoms with van der Waals surface area (Å²) in [5, 5.41) is 0. The maximum atomic E-state index is 13.8. The summed E-state index contributed by atoms with van der Waals surface area (Å²) in [7, 11) is -3.98. The van der Waals surface area contributed by atoms with Crippen molar-refractivity contribution >= 4 is 10.0 Å². The fourth-order valence-electron chi connectivity index (χ4n) is 2.48. The van der Waals surface area contributed by atoms with Gasteiger partial charge in [0.15, 0.2) is 0 Å². The van der Waals surface area contributed by atoms with Gasteiger partial charge in [-0.15, -0.1) is 0 Å². The standard InChI is InChI=1S/C13H18F2N2O2S/c1-9-6-13(12(15)7-11(9)14)20(18,19)17-5-3-2-4-10(17)8-16/h6-7,10H,2-5,8,16H2,1H3. The second-order valence-corrected chi connectivity index (χ2v) is 6.89. The number of nitrogens with zero attached hydrogens (tertiary/aromatic N) is 1. The molecule has 1 atom stereocenters. The van der Waals surface area contributed by atoms with Crippen LogP contribution in [-0.2, 0) is 10.0 Å². The largest absolute Gasteiger partial charge is 0.329 e. The molecule has 1 aromatic carbocycles. The van der Waals surface area contributed by atoms with Gasteiger partial charge >= 0.3 is 0 Å². The molecule has 0 saturated carbocycles. The number of benzene rings is 1. The van der Waals surface area contributed by atoms with Crippen LogP contribution in [0.5, 0.6) is 0 Å². The first-order chi connectivity index (χ1) is 9.37. The normalized spacial score (nSPS) is 21.1. The lowest BCUT2D eigenvalue weighted by Crippen LogP contribution is -2.47. The van der Waals surface area contributed by atoms with Gasteiger partial charge in [-0.2, -0.15) is 4.31 Å². The molecule has 1 unspecified atom stereocenters. The maximum Gasteiger partial charge on any atom is 0.246 e. The predicted molar refractivity (Wildman–Crippen MR) is 71.7 cm³/mol. The molecule has 20 heavy (non-hydrogen) atoms. The van der Waals surface area contributed by atoms with Crippen LogP contribution < -0.4 is 5.73 Å². The molecule has 112 valence electrons. The molecule has 1 fully saturated rings. The van der Waals surface area contributed by atoms with Gasteiger partial charge in [0.05, 0.1) is 0 Å². The van der Waals surface area contributed by atoms with Crippen LogP contribution in [0.25, 0.3) is 0 Å². The van der Waals surface area contributed by atoms with E-state index in [1.807, 2.05) is 0 Å². The second kappa shape index (κ2) is 5.75. The minimum atomic E-state index is -3.98. The molecule has 0 amide bonds. The third-order valence-electron chi connectivity index (χ3n) is 3.64. The molecule has 0 radical (unpaired) electrons. The number of rotatable bonds is 3. The van der Waals surface area contributed by atoms with E-state index in [2.05, 4.69) is 0 Å². The highest BCUT2D eigenvalue weighted by atomic mass is 32.2. The molecular formula is C13H18F2N2O2S. The fraction of sp³-hybridized carbons (Fsp3) is 0.538. The summed E-state index contributed by atoms with van der Waals surface area (Å²) in [5.41, 5.74) is 5.70. The Kier molecular flexibility index (Phi) is 4.41. The van der Waals surface area contributed by atoms with Crippen molar-refractivity contribution in [3.63, 3.8) is 0 Å². The third-order valence-corrected chi connectivity index (χ3v) is 5.61. The van der Waals surface area contributed by atoms with Crippen LogP contribution in [0.4, 0.5) is 8.78 Å². The van der Waals surface area contributed by atoms with Gasteiger partial charge in [0.25, 0.3) is 0 Å². The van der Waals surface area contributed by atoms with Crippen molar-refractivity contribution < 1.29 is 17.2 Å². The molecule has 1 heterocycles. The Morgan fingerprint density at radius 2 is 2.00 bits per heavy atom. The van der Waals surface area contributed by atoms with E-state index < -0.39 is 26.6 Å². The van der Waals surface area contributed by atoms with Crippen LogP contribution in [0.1, 0.15) is 24.8 Å². The first-order valence-corrected chi connectivity index (χ1v) is 7.99. The summed E-state index contributed by atoms with van der Waals surface area (Å²) in [5.74, 6) is -1.81. The van der Waals surface area contributed by atoms with E-state index in [0.29, 0.717) is 19.0 Å². The van der Waals surface area contributed by atoms with E-state index in [1.165, 1.54) is 11.2 Å². The average molecular weight is 304 g/mol. The number of sulfonamides is 1. The van der Waals surface area contributed by atoms with Crippen molar-refractivity contribution in [2.45, 2.75) is 37.1 Å². The zero-order chi connectivity index (χ0) is 14.9. The summed E-state index contributed by atoms with van der Waals surface area (Å²) in [6.45, 7) is 1.92. The molecule has 7 heteroatoms. The Hall–Kier alpha value is -1.05. The number of hydrogen-bond acceptors (Lipinski definition) is 3. The Labute approximate surface area is 117 Å². The number of aryl methyl sites for hydroxylation is 1. The summed E-state index contributed by atoms with van der Waals surface area (Å²) >= 11 is 0. The van der Waals surface area contributed by atoms with E-state index in [4.69, 9.17) is 5.73 Å². The molecule has 0 aromatic heterocycles. The average Bonchev–Trinajstić information content (AvgIpc) is 2.42. The van der Waals surface area contributed by atoms with Gasteiger partial charge < -0.3 is 5.73 Å². The molecule has 0 aliphatic carbocycles. The lowest BCUT2D eigenvalue weighted by Gasteiger charge is -2.34. The SMILES string of the molecule is Cc1cc(S(=O)(=O)N2CCCCC2CN)c(F)cc1F. The molecule has 1 aromatic rings. The minimum Gasteiger partial charge on any atom is -0.329 e. The first-order valence-electron chi connectivity index (χ1n) is 6.55. The van der Waals surface area contributed by atoms with Crippen molar-refractivity contribution in [1.29, 1.82) is 0 Å². The highest BCUT2D eigenvalue weighted by Crippen LogP contribution is 2.27. The Morgan fingerprint density at radius 1 is 1.30 bits per heavy atom. The Balaban J connectivity index is 2.46. The number of piperidine rings is 1. The Morgan fingerprint density at radius 3 is 2.65 bits per heavy atom. The van der Waals surface area contributed by atoms with Crippen molar-refractivity contribution in [2.75, 3.05) is 13.1 Å². The van der Waals surface area contributed by atoms with Gasteiger partial charge in [-0.25, -0.2) is 17.2 Å². The fourth-order valence-corrected chi connectivity index (χ4v) is 4.32. The van der Waals surface area contributed by atoms with Gasteiger partial charge in [-0.05, 0) is 31.4 Å². The third kappa shape index (κ3) is 2.70. The molecular weight excluding hydrogens is 286 g/mol. The van der Waals surface area contributed by atoms with Crippen molar-refractivity contribution in [3.8, 4) is 0 Å². The number of halogens is 2. The van der Waals surface area contributed by atoms with Crippen LogP contribution in [0.15, 0.2) is 17.0 Å². The molecule has 0 spiro atoms. The summed E-state index contributed by atoms with van der Waals surface area (Å²) in [6, 6.07) is 1.34. The maximum absolute atomic E-state index is 13.8.